The highest BCUT2D eigenvalue weighted by molar-refractivity contribution is 5.90. The molecule has 1 aliphatic heterocycles. The highest BCUT2D eigenvalue weighted by Crippen LogP contribution is 2.35. The molecule has 0 unspecified atom stereocenters. The van der Waals surface area contributed by atoms with Crippen LogP contribution >= 0.6 is 0 Å². The number of carbonyl (C=O) groups is 1. The molecule has 1 aromatic carbocycles. The number of nitriles is 1. The van der Waals surface area contributed by atoms with Crippen LogP contribution in [0.25, 0.3) is 28.0 Å². The summed E-state index contributed by atoms with van der Waals surface area (Å²) in [7, 11) is 0. The van der Waals surface area contributed by atoms with Crippen LogP contribution in [-0.2, 0) is 11.3 Å². The first-order valence-corrected chi connectivity index (χ1v) is 12.1. The molecule has 4 heterocycles. The van der Waals surface area contributed by atoms with Crippen molar-refractivity contribution < 1.29 is 23.1 Å². The van der Waals surface area contributed by atoms with Crippen LogP contribution in [0.15, 0.2) is 48.7 Å². The molecule has 0 atom stereocenters. The zero-order valence-corrected chi connectivity index (χ0v) is 21.3. The molecule has 0 spiro atoms. The van der Waals surface area contributed by atoms with Gasteiger partial charge >= 0.3 is 12.1 Å². The summed E-state index contributed by atoms with van der Waals surface area (Å²) < 4.78 is 33.6. The van der Waals surface area contributed by atoms with Gasteiger partial charge in [-0.1, -0.05) is 12.1 Å². The van der Waals surface area contributed by atoms with Crippen LogP contribution in [0.1, 0.15) is 22.6 Å². The van der Waals surface area contributed by atoms with E-state index < -0.39 is 12.1 Å². The minimum Gasteiger partial charge on any atom is -0.475 e. The quantitative estimate of drug-likeness (QED) is 0.401. The van der Waals surface area contributed by atoms with Gasteiger partial charge in [-0.3, -0.25) is 9.88 Å². The number of hydrogen-bond acceptors (Lipinski definition) is 7. The monoisotopic (exact) mass is 537 g/mol. The Morgan fingerprint density at radius 3 is 2.36 bits per heavy atom. The van der Waals surface area contributed by atoms with Crippen LogP contribution < -0.4 is 5.32 Å². The Kier molecular flexibility index (Phi) is 8.23. The number of aliphatic carboxylic acids is 1. The lowest BCUT2D eigenvalue weighted by molar-refractivity contribution is -0.192. The molecule has 0 bridgehead atoms. The summed E-state index contributed by atoms with van der Waals surface area (Å²) in [4.78, 5) is 20.9. The Balaban J connectivity index is 0.000000448. The van der Waals surface area contributed by atoms with Gasteiger partial charge in [0.1, 0.15) is 5.69 Å². The highest BCUT2D eigenvalue weighted by Gasteiger charge is 2.38. The molecule has 12 heteroatoms. The number of fused-ring (bicyclic) bond motifs is 1. The van der Waals surface area contributed by atoms with E-state index in [9.17, 15) is 18.4 Å². The SMILES string of the molecule is Cc1cc(-c2c(-c3cccc(C#N)c3)nn3ccc(CN4CCNCC4)nc23)cc(C)n1.O=C(O)C(F)(F)F. The molecule has 1 fully saturated rings. The van der Waals surface area contributed by atoms with Gasteiger partial charge in [0.2, 0.25) is 0 Å². The fourth-order valence-electron chi connectivity index (χ4n) is 4.34. The second-order valence-electron chi connectivity index (χ2n) is 9.07. The number of hydrogen-bond donors (Lipinski definition) is 2. The molecule has 0 radical (unpaired) electrons. The average molecular weight is 538 g/mol. The summed E-state index contributed by atoms with van der Waals surface area (Å²) in [6.45, 7) is 8.88. The van der Waals surface area contributed by atoms with Crippen molar-refractivity contribution in [3.63, 3.8) is 0 Å². The number of benzene rings is 1. The van der Waals surface area contributed by atoms with Crippen LogP contribution in [-0.4, -0.2) is 67.9 Å². The zero-order valence-electron chi connectivity index (χ0n) is 21.3. The highest BCUT2D eigenvalue weighted by atomic mass is 19.4. The molecular formula is C27H26F3N7O2. The number of carboxylic acids is 1. The number of nitrogens with one attached hydrogen (secondary N) is 1. The van der Waals surface area contributed by atoms with Crippen molar-refractivity contribution in [2.24, 2.45) is 0 Å². The van der Waals surface area contributed by atoms with Crippen LogP contribution in [0, 0.1) is 25.2 Å². The van der Waals surface area contributed by atoms with Gasteiger partial charge in [-0.15, -0.1) is 0 Å². The molecule has 2 N–H and O–H groups in total. The van der Waals surface area contributed by atoms with Gasteiger partial charge < -0.3 is 10.4 Å². The third-order valence-electron chi connectivity index (χ3n) is 6.02. The van der Waals surface area contributed by atoms with E-state index in [-0.39, 0.29) is 0 Å². The molecule has 4 aromatic rings. The van der Waals surface area contributed by atoms with Crippen LogP contribution in [0.2, 0.25) is 0 Å². The largest absolute Gasteiger partial charge is 0.490 e. The Labute approximate surface area is 222 Å². The lowest BCUT2D eigenvalue weighted by Gasteiger charge is -2.26. The summed E-state index contributed by atoms with van der Waals surface area (Å²) in [5.74, 6) is -2.76. The van der Waals surface area contributed by atoms with E-state index in [2.05, 4.69) is 33.4 Å². The maximum Gasteiger partial charge on any atom is 0.490 e. The summed E-state index contributed by atoms with van der Waals surface area (Å²) >= 11 is 0. The normalized spacial score (nSPS) is 13.9. The maximum absolute atomic E-state index is 10.6. The summed E-state index contributed by atoms with van der Waals surface area (Å²) in [5, 5.41) is 24.8. The van der Waals surface area contributed by atoms with Crippen molar-refractivity contribution in [2.75, 3.05) is 26.2 Å². The molecule has 1 saturated heterocycles. The lowest BCUT2D eigenvalue weighted by atomic mass is 9.99. The molecule has 0 saturated carbocycles. The maximum atomic E-state index is 10.6. The van der Waals surface area contributed by atoms with Crippen molar-refractivity contribution in [3.8, 4) is 28.5 Å². The van der Waals surface area contributed by atoms with Gasteiger partial charge in [-0.2, -0.15) is 23.5 Å². The topological polar surface area (TPSA) is 119 Å². The van der Waals surface area contributed by atoms with Crippen molar-refractivity contribution in [3.05, 3.63) is 71.3 Å². The van der Waals surface area contributed by atoms with E-state index in [1.54, 1.807) is 0 Å². The Hall–Kier alpha value is -4.34. The fraction of sp³-hybridized carbons (Fsp3) is 0.296. The first kappa shape index (κ1) is 27.7. The minimum absolute atomic E-state index is 0.611. The fourth-order valence-corrected chi connectivity index (χ4v) is 4.34. The first-order chi connectivity index (χ1) is 18.5. The van der Waals surface area contributed by atoms with E-state index >= 15 is 0 Å². The van der Waals surface area contributed by atoms with Gasteiger partial charge in [0.05, 0.1) is 22.9 Å². The van der Waals surface area contributed by atoms with Crippen molar-refractivity contribution in [2.45, 2.75) is 26.6 Å². The molecular weight excluding hydrogens is 511 g/mol. The van der Waals surface area contributed by atoms with E-state index in [1.165, 1.54) is 0 Å². The number of rotatable bonds is 4. The molecule has 202 valence electrons. The molecule has 1 aliphatic rings. The Morgan fingerprint density at radius 2 is 1.74 bits per heavy atom. The Bertz CT molecular complexity index is 1520. The second kappa shape index (κ2) is 11.6. The van der Waals surface area contributed by atoms with Crippen molar-refractivity contribution in [1.29, 1.82) is 5.26 Å². The number of nitrogens with zero attached hydrogens (tertiary/aromatic N) is 6. The number of piperazine rings is 1. The van der Waals surface area contributed by atoms with E-state index in [4.69, 9.17) is 20.0 Å². The van der Waals surface area contributed by atoms with Gasteiger partial charge in [0, 0.05) is 55.9 Å². The van der Waals surface area contributed by atoms with Gasteiger partial charge in [0.25, 0.3) is 0 Å². The van der Waals surface area contributed by atoms with Gasteiger partial charge in [-0.05, 0) is 49.7 Å². The number of alkyl halides is 3. The van der Waals surface area contributed by atoms with Crippen LogP contribution in [0.3, 0.4) is 0 Å². The number of pyridine rings is 1. The Morgan fingerprint density at radius 1 is 1.08 bits per heavy atom. The number of aryl methyl sites for hydroxylation is 2. The first-order valence-electron chi connectivity index (χ1n) is 12.1. The molecule has 5 rings (SSSR count). The number of carboxylic acid groups (broad SMARTS) is 1. The molecule has 3 aromatic heterocycles. The van der Waals surface area contributed by atoms with E-state index in [0.717, 1.165) is 77.8 Å². The smallest absolute Gasteiger partial charge is 0.475 e. The molecule has 39 heavy (non-hydrogen) atoms. The van der Waals surface area contributed by atoms with Crippen LogP contribution in [0.4, 0.5) is 13.2 Å². The standard InChI is InChI=1S/C25H25N7.C2HF3O2/c1-17-12-21(13-18(2)28-17)23-24(20-5-3-4-19(14-20)15-26)30-32-9-6-22(29-25(23)32)16-31-10-7-27-8-11-31;3-2(4,5)1(6)7/h3-6,9,12-14,27H,7-8,10-11,16H2,1-2H3;(H,6,7). The lowest BCUT2D eigenvalue weighted by Crippen LogP contribution is -2.43. The second-order valence-corrected chi connectivity index (χ2v) is 9.07. The van der Waals surface area contributed by atoms with Crippen LogP contribution in [0.5, 0.6) is 0 Å². The van der Waals surface area contributed by atoms with Gasteiger partial charge in [-0.25, -0.2) is 14.3 Å². The molecule has 9 nitrogen and oxygen atoms in total. The summed E-state index contributed by atoms with van der Waals surface area (Å²) in [6, 6.07) is 16.0. The van der Waals surface area contributed by atoms with E-state index in [0.29, 0.717) is 5.56 Å². The third kappa shape index (κ3) is 6.76. The van der Waals surface area contributed by atoms with Crippen molar-refractivity contribution >= 4 is 11.6 Å². The summed E-state index contributed by atoms with van der Waals surface area (Å²) in [5.41, 5.74) is 8.09. The zero-order chi connectivity index (χ0) is 28.2. The number of aromatic nitrogens is 4. The third-order valence-corrected chi connectivity index (χ3v) is 6.02. The van der Waals surface area contributed by atoms with E-state index in [1.807, 2.05) is 54.9 Å². The molecule has 0 aliphatic carbocycles. The predicted octanol–water partition coefficient (Wildman–Crippen LogP) is 3.99. The number of halogens is 3. The minimum atomic E-state index is -5.08. The molecule has 0 amide bonds. The van der Waals surface area contributed by atoms with Gasteiger partial charge in [0.15, 0.2) is 5.65 Å². The summed E-state index contributed by atoms with van der Waals surface area (Å²) in [6.07, 6.45) is -3.10. The average Bonchev–Trinajstić information content (AvgIpc) is 3.27. The predicted molar refractivity (Wildman–Crippen MR) is 138 cm³/mol. The van der Waals surface area contributed by atoms with Crippen molar-refractivity contribution in [1.82, 2.24) is 29.8 Å².